The molecule has 0 rings (SSSR count). The van der Waals surface area contributed by atoms with Crippen molar-refractivity contribution in [1.29, 1.82) is 0 Å². The van der Waals surface area contributed by atoms with Gasteiger partial charge in [0.15, 0.2) is 5.96 Å². The molecule has 0 aromatic carbocycles. The molecular formula is C13H28IN3O4S. The second kappa shape index (κ2) is 12.9. The largest absolute Gasteiger partial charge is 0.469 e. The highest BCUT2D eigenvalue weighted by Gasteiger charge is 2.09. The van der Waals surface area contributed by atoms with Gasteiger partial charge in [-0.25, -0.2) is 8.42 Å². The van der Waals surface area contributed by atoms with E-state index >= 15 is 0 Å². The van der Waals surface area contributed by atoms with E-state index in [0.29, 0.717) is 25.3 Å². The third kappa shape index (κ3) is 14.4. The molecule has 0 heterocycles. The van der Waals surface area contributed by atoms with Crippen LogP contribution in [0.15, 0.2) is 4.99 Å². The van der Waals surface area contributed by atoms with Crippen molar-refractivity contribution in [3.8, 4) is 0 Å². The van der Waals surface area contributed by atoms with Crippen LogP contribution in [0, 0.1) is 0 Å². The molecule has 0 bridgehead atoms. The number of unbranched alkanes of at least 4 members (excludes halogenated alkanes) is 1. The van der Waals surface area contributed by atoms with Gasteiger partial charge in [-0.3, -0.25) is 9.79 Å². The number of aliphatic imine (C=N–C) groups is 1. The molecule has 0 saturated heterocycles. The summed E-state index contributed by atoms with van der Waals surface area (Å²) >= 11 is 0. The van der Waals surface area contributed by atoms with Gasteiger partial charge >= 0.3 is 5.97 Å². The van der Waals surface area contributed by atoms with Crippen molar-refractivity contribution >= 4 is 45.7 Å². The van der Waals surface area contributed by atoms with Crippen molar-refractivity contribution in [3.63, 3.8) is 0 Å². The fourth-order valence-corrected chi connectivity index (χ4v) is 2.38. The van der Waals surface area contributed by atoms with Gasteiger partial charge in [0.1, 0.15) is 9.84 Å². The average Bonchev–Trinajstić information content (AvgIpc) is 2.42. The first-order valence-corrected chi connectivity index (χ1v) is 9.06. The number of carbonyl (C=O) groups is 1. The van der Waals surface area contributed by atoms with Gasteiger partial charge in [0.05, 0.1) is 12.9 Å². The summed E-state index contributed by atoms with van der Waals surface area (Å²) in [6.07, 6.45) is 3.75. The van der Waals surface area contributed by atoms with Crippen LogP contribution in [0.2, 0.25) is 0 Å². The maximum Gasteiger partial charge on any atom is 0.305 e. The van der Waals surface area contributed by atoms with E-state index in [9.17, 15) is 13.2 Å². The maximum absolute atomic E-state index is 11.1. The lowest BCUT2D eigenvalue weighted by atomic mass is 10.2. The van der Waals surface area contributed by atoms with E-state index in [2.05, 4.69) is 20.4 Å². The summed E-state index contributed by atoms with van der Waals surface area (Å²) in [6, 6.07) is 0.0148. The van der Waals surface area contributed by atoms with Gasteiger partial charge in [0, 0.05) is 32.3 Å². The van der Waals surface area contributed by atoms with Crippen LogP contribution in [-0.2, 0) is 19.4 Å². The maximum atomic E-state index is 11.1. The minimum atomic E-state index is -2.94. The van der Waals surface area contributed by atoms with E-state index in [-0.39, 0.29) is 41.7 Å². The van der Waals surface area contributed by atoms with Gasteiger partial charge in [-0.2, -0.15) is 0 Å². The number of esters is 1. The van der Waals surface area contributed by atoms with E-state index < -0.39 is 9.84 Å². The summed E-state index contributed by atoms with van der Waals surface area (Å²) in [5.41, 5.74) is 0. The van der Waals surface area contributed by atoms with Crippen LogP contribution in [0.3, 0.4) is 0 Å². The van der Waals surface area contributed by atoms with E-state index in [1.165, 1.54) is 13.4 Å². The Hall–Kier alpha value is -0.580. The monoisotopic (exact) mass is 449 g/mol. The lowest BCUT2D eigenvalue weighted by molar-refractivity contribution is -0.140. The van der Waals surface area contributed by atoms with Crippen LogP contribution in [0.4, 0.5) is 0 Å². The van der Waals surface area contributed by atoms with Gasteiger partial charge in [0.2, 0.25) is 0 Å². The standard InChI is InChI=1S/C13H27N3O4S.HI/c1-11(8-10-21(4,18)19)16-13(14-2)15-9-6-5-7-12(17)20-3;/h11H,5-10H2,1-4H3,(H2,14,15,16);1H. The second-order valence-corrected chi connectivity index (χ2v) is 7.26. The Bertz CT molecular complexity index is 441. The van der Waals surface area contributed by atoms with Crippen LogP contribution in [-0.4, -0.2) is 59.1 Å². The molecule has 0 fully saturated rings. The summed E-state index contributed by atoms with van der Waals surface area (Å²) in [6.45, 7) is 2.60. The van der Waals surface area contributed by atoms with Crippen molar-refractivity contribution in [1.82, 2.24) is 10.6 Å². The Morgan fingerprint density at radius 3 is 2.45 bits per heavy atom. The molecule has 9 heteroatoms. The lowest BCUT2D eigenvalue weighted by Gasteiger charge is -2.17. The average molecular weight is 449 g/mol. The Kier molecular flexibility index (Phi) is 13.9. The molecule has 22 heavy (non-hydrogen) atoms. The highest BCUT2D eigenvalue weighted by molar-refractivity contribution is 14.0. The van der Waals surface area contributed by atoms with Crippen molar-refractivity contribution < 1.29 is 17.9 Å². The zero-order valence-electron chi connectivity index (χ0n) is 13.7. The summed E-state index contributed by atoms with van der Waals surface area (Å²) in [7, 11) is 0.0982. The number of sulfone groups is 1. The van der Waals surface area contributed by atoms with Crippen LogP contribution in [0.25, 0.3) is 0 Å². The number of nitrogens with zero attached hydrogens (tertiary/aromatic N) is 1. The predicted octanol–water partition coefficient (Wildman–Crippen LogP) is 0.936. The van der Waals surface area contributed by atoms with Crippen molar-refractivity contribution in [2.24, 2.45) is 4.99 Å². The molecule has 0 spiro atoms. The van der Waals surface area contributed by atoms with Crippen LogP contribution < -0.4 is 10.6 Å². The molecule has 0 aliphatic heterocycles. The topological polar surface area (TPSA) is 96.9 Å². The van der Waals surface area contributed by atoms with Gasteiger partial charge in [-0.05, 0) is 26.2 Å². The molecule has 2 N–H and O–H groups in total. The Balaban J connectivity index is 0. The number of guanidine groups is 1. The number of halogens is 1. The zero-order valence-corrected chi connectivity index (χ0v) is 16.9. The fraction of sp³-hybridized carbons (Fsp3) is 0.846. The van der Waals surface area contributed by atoms with Gasteiger partial charge in [-0.1, -0.05) is 0 Å². The lowest BCUT2D eigenvalue weighted by Crippen LogP contribution is -2.43. The van der Waals surface area contributed by atoms with Crippen LogP contribution in [0.1, 0.15) is 32.6 Å². The second-order valence-electron chi connectivity index (χ2n) is 5.00. The molecule has 0 aliphatic rings. The number of nitrogens with one attached hydrogen (secondary N) is 2. The molecule has 132 valence electrons. The molecule has 0 amide bonds. The highest BCUT2D eigenvalue weighted by Crippen LogP contribution is 1.97. The minimum Gasteiger partial charge on any atom is -0.469 e. The minimum absolute atomic E-state index is 0. The molecule has 1 unspecified atom stereocenters. The third-order valence-electron chi connectivity index (χ3n) is 2.86. The number of hydrogen-bond acceptors (Lipinski definition) is 5. The number of ether oxygens (including phenoxy) is 1. The quantitative estimate of drug-likeness (QED) is 0.179. The van der Waals surface area contributed by atoms with Crippen molar-refractivity contribution in [2.45, 2.75) is 38.6 Å². The first-order valence-electron chi connectivity index (χ1n) is 7.00. The number of carbonyl (C=O) groups excluding carboxylic acids is 1. The third-order valence-corrected chi connectivity index (χ3v) is 3.83. The Labute approximate surface area is 150 Å². The Morgan fingerprint density at radius 2 is 1.95 bits per heavy atom. The SMILES string of the molecule is CN=C(NCCCCC(=O)OC)NC(C)CCS(C)(=O)=O.I. The molecule has 7 nitrogen and oxygen atoms in total. The molecular weight excluding hydrogens is 421 g/mol. The molecule has 1 atom stereocenters. The molecule has 0 aliphatic carbocycles. The summed E-state index contributed by atoms with van der Waals surface area (Å²) in [5.74, 6) is 0.582. The van der Waals surface area contributed by atoms with Gasteiger partial charge < -0.3 is 15.4 Å². The number of methoxy groups -OCH3 is 1. The molecule has 0 radical (unpaired) electrons. The fourth-order valence-electron chi connectivity index (χ4n) is 1.59. The molecule has 0 saturated carbocycles. The smallest absolute Gasteiger partial charge is 0.305 e. The first-order chi connectivity index (χ1) is 9.78. The summed E-state index contributed by atoms with van der Waals surface area (Å²) in [5, 5.41) is 6.26. The van der Waals surface area contributed by atoms with Gasteiger partial charge in [0.25, 0.3) is 0 Å². The van der Waals surface area contributed by atoms with Crippen molar-refractivity contribution in [3.05, 3.63) is 0 Å². The van der Waals surface area contributed by atoms with Crippen LogP contribution in [0.5, 0.6) is 0 Å². The number of rotatable bonds is 9. The summed E-state index contributed by atoms with van der Waals surface area (Å²) < 4.78 is 26.8. The molecule has 0 aromatic rings. The Morgan fingerprint density at radius 1 is 1.32 bits per heavy atom. The van der Waals surface area contributed by atoms with Crippen LogP contribution >= 0.6 is 24.0 Å². The van der Waals surface area contributed by atoms with Gasteiger partial charge in [-0.15, -0.1) is 24.0 Å². The summed E-state index contributed by atoms with van der Waals surface area (Å²) in [4.78, 5) is 15.0. The zero-order chi connectivity index (χ0) is 16.3. The normalized spacial score (nSPS) is 13.0. The van der Waals surface area contributed by atoms with E-state index in [4.69, 9.17) is 0 Å². The van der Waals surface area contributed by atoms with Crippen molar-refractivity contribution in [2.75, 3.05) is 32.7 Å². The molecule has 0 aromatic heterocycles. The predicted molar refractivity (Wildman–Crippen MR) is 99.6 cm³/mol. The highest BCUT2D eigenvalue weighted by atomic mass is 127. The number of hydrogen-bond donors (Lipinski definition) is 2. The van der Waals surface area contributed by atoms with E-state index in [1.54, 1.807) is 7.05 Å². The van der Waals surface area contributed by atoms with E-state index in [0.717, 1.165) is 12.8 Å². The first kappa shape index (κ1) is 23.7. The van der Waals surface area contributed by atoms with E-state index in [1.807, 2.05) is 6.92 Å².